The van der Waals surface area contributed by atoms with Gasteiger partial charge in [0.15, 0.2) is 14.7 Å². The van der Waals surface area contributed by atoms with E-state index in [-0.39, 0.29) is 28.8 Å². The van der Waals surface area contributed by atoms with Crippen molar-refractivity contribution in [2.45, 2.75) is 4.90 Å². The molecular formula is C13H20O6S. The quantitative estimate of drug-likeness (QED) is 0.637. The van der Waals surface area contributed by atoms with Crippen molar-refractivity contribution in [3.05, 3.63) is 18.2 Å². The first kappa shape index (κ1) is 16.7. The SMILES string of the molecule is COCCOCCS(=O)(=O)c1c(OC)cccc1OC. The highest BCUT2D eigenvalue weighted by Crippen LogP contribution is 2.33. The first-order valence-corrected chi connectivity index (χ1v) is 7.72. The molecule has 7 heteroatoms. The van der Waals surface area contributed by atoms with Crippen LogP contribution >= 0.6 is 0 Å². The summed E-state index contributed by atoms with van der Waals surface area (Å²) in [5.74, 6) is 0.385. The Bertz CT molecular complexity index is 489. The zero-order valence-electron chi connectivity index (χ0n) is 11.9. The first-order valence-electron chi connectivity index (χ1n) is 6.07. The lowest BCUT2D eigenvalue weighted by atomic mass is 10.3. The summed E-state index contributed by atoms with van der Waals surface area (Å²) in [4.78, 5) is 0.0559. The van der Waals surface area contributed by atoms with E-state index in [2.05, 4.69) is 0 Å². The number of hydrogen-bond donors (Lipinski definition) is 0. The molecular weight excluding hydrogens is 284 g/mol. The predicted molar refractivity (Wildman–Crippen MR) is 74.3 cm³/mol. The minimum Gasteiger partial charge on any atom is -0.495 e. The average Bonchev–Trinajstić information content (AvgIpc) is 2.46. The monoisotopic (exact) mass is 304 g/mol. The molecule has 0 saturated heterocycles. The Labute approximate surface area is 119 Å². The Morgan fingerprint density at radius 1 is 0.950 bits per heavy atom. The van der Waals surface area contributed by atoms with Crippen molar-refractivity contribution in [3.63, 3.8) is 0 Å². The summed E-state index contributed by atoms with van der Waals surface area (Å²) >= 11 is 0. The second-order valence-corrected chi connectivity index (χ2v) is 5.96. The van der Waals surface area contributed by atoms with Crippen molar-refractivity contribution in [2.24, 2.45) is 0 Å². The molecule has 20 heavy (non-hydrogen) atoms. The van der Waals surface area contributed by atoms with E-state index in [0.717, 1.165) is 0 Å². The standard InChI is InChI=1S/C13H20O6S/c1-16-7-8-19-9-10-20(14,15)13-11(17-2)5-4-6-12(13)18-3/h4-6H,7-10H2,1-3H3. The Hall–Kier alpha value is -1.31. The van der Waals surface area contributed by atoms with Crippen LogP contribution in [-0.4, -0.2) is 55.3 Å². The number of rotatable bonds is 9. The summed E-state index contributed by atoms with van der Waals surface area (Å²) in [6.07, 6.45) is 0. The molecule has 0 saturated carbocycles. The maximum Gasteiger partial charge on any atom is 0.187 e. The fourth-order valence-electron chi connectivity index (χ4n) is 1.64. The molecule has 0 heterocycles. The van der Waals surface area contributed by atoms with Crippen LogP contribution in [0.25, 0.3) is 0 Å². The van der Waals surface area contributed by atoms with Gasteiger partial charge in [-0.25, -0.2) is 8.42 Å². The average molecular weight is 304 g/mol. The molecule has 0 fully saturated rings. The van der Waals surface area contributed by atoms with Crippen LogP contribution in [0.2, 0.25) is 0 Å². The Kier molecular flexibility index (Phi) is 6.77. The number of benzene rings is 1. The van der Waals surface area contributed by atoms with Gasteiger partial charge in [-0.15, -0.1) is 0 Å². The highest BCUT2D eigenvalue weighted by atomic mass is 32.2. The van der Waals surface area contributed by atoms with E-state index in [9.17, 15) is 8.42 Å². The fourth-order valence-corrected chi connectivity index (χ4v) is 3.10. The van der Waals surface area contributed by atoms with E-state index in [1.54, 1.807) is 25.3 Å². The molecule has 114 valence electrons. The summed E-state index contributed by atoms with van der Waals surface area (Å²) in [5, 5.41) is 0. The summed E-state index contributed by atoms with van der Waals surface area (Å²) in [7, 11) is 0.846. The van der Waals surface area contributed by atoms with Crippen molar-refractivity contribution in [1.29, 1.82) is 0 Å². The van der Waals surface area contributed by atoms with Crippen molar-refractivity contribution >= 4 is 9.84 Å². The molecule has 0 spiro atoms. The first-order chi connectivity index (χ1) is 9.56. The molecule has 0 aliphatic rings. The maximum absolute atomic E-state index is 12.4. The third kappa shape index (κ3) is 4.36. The molecule has 0 atom stereocenters. The lowest BCUT2D eigenvalue weighted by Crippen LogP contribution is -2.16. The van der Waals surface area contributed by atoms with Gasteiger partial charge in [0.2, 0.25) is 0 Å². The van der Waals surface area contributed by atoms with Gasteiger partial charge in [0, 0.05) is 7.11 Å². The second-order valence-electron chi connectivity index (χ2n) is 3.92. The molecule has 0 aliphatic carbocycles. The van der Waals surface area contributed by atoms with Crippen molar-refractivity contribution < 1.29 is 27.4 Å². The van der Waals surface area contributed by atoms with E-state index in [0.29, 0.717) is 13.2 Å². The maximum atomic E-state index is 12.4. The zero-order chi connectivity index (χ0) is 15.0. The summed E-state index contributed by atoms with van der Waals surface area (Å²) in [6, 6.07) is 4.84. The van der Waals surface area contributed by atoms with Gasteiger partial charge in [0.1, 0.15) is 11.5 Å². The molecule has 1 aromatic carbocycles. The van der Waals surface area contributed by atoms with Crippen LogP contribution in [0.4, 0.5) is 0 Å². The molecule has 0 bridgehead atoms. The third-order valence-corrected chi connectivity index (χ3v) is 4.35. The normalized spacial score (nSPS) is 11.3. The topological polar surface area (TPSA) is 71.1 Å². The van der Waals surface area contributed by atoms with Crippen LogP contribution in [0.1, 0.15) is 0 Å². The van der Waals surface area contributed by atoms with Gasteiger partial charge in [-0.1, -0.05) is 6.07 Å². The summed E-state index contributed by atoms with van der Waals surface area (Å²) in [5.41, 5.74) is 0. The predicted octanol–water partition coefficient (Wildman–Crippen LogP) is 1.14. The van der Waals surface area contributed by atoms with Crippen LogP contribution in [-0.2, 0) is 19.3 Å². The van der Waals surface area contributed by atoms with Gasteiger partial charge in [-0.3, -0.25) is 0 Å². The molecule has 1 aromatic rings. The van der Waals surface area contributed by atoms with Gasteiger partial charge in [-0.05, 0) is 12.1 Å². The highest BCUT2D eigenvalue weighted by Gasteiger charge is 2.24. The van der Waals surface area contributed by atoms with Crippen LogP contribution in [0, 0.1) is 0 Å². The molecule has 0 aromatic heterocycles. The molecule has 0 radical (unpaired) electrons. The summed E-state index contributed by atoms with van der Waals surface area (Å²) < 4.78 is 44.9. The van der Waals surface area contributed by atoms with E-state index in [4.69, 9.17) is 18.9 Å². The molecule has 6 nitrogen and oxygen atoms in total. The Morgan fingerprint density at radius 3 is 2.05 bits per heavy atom. The lowest BCUT2D eigenvalue weighted by molar-refractivity contribution is 0.0785. The molecule has 0 unspecified atom stereocenters. The van der Waals surface area contributed by atoms with E-state index >= 15 is 0 Å². The van der Waals surface area contributed by atoms with E-state index in [1.165, 1.54) is 14.2 Å². The van der Waals surface area contributed by atoms with Crippen molar-refractivity contribution in [1.82, 2.24) is 0 Å². The summed E-state index contributed by atoms with van der Waals surface area (Å²) in [6.45, 7) is 0.875. The lowest BCUT2D eigenvalue weighted by Gasteiger charge is -2.13. The number of ether oxygens (including phenoxy) is 4. The molecule has 0 amide bonds. The van der Waals surface area contributed by atoms with Crippen LogP contribution in [0.3, 0.4) is 0 Å². The van der Waals surface area contributed by atoms with Gasteiger partial charge >= 0.3 is 0 Å². The minimum absolute atomic E-state index is 0.0559. The molecule has 1 rings (SSSR count). The molecule has 0 N–H and O–H groups in total. The van der Waals surface area contributed by atoms with Crippen LogP contribution in [0.5, 0.6) is 11.5 Å². The number of hydrogen-bond acceptors (Lipinski definition) is 6. The number of sulfone groups is 1. The van der Waals surface area contributed by atoms with E-state index < -0.39 is 9.84 Å². The van der Waals surface area contributed by atoms with Crippen LogP contribution in [0.15, 0.2) is 23.1 Å². The van der Waals surface area contributed by atoms with Gasteiger partial charge < -0.3 is 18.9 Å². The smallest absolute Gasteiger partial charge is 0.187 e. The fraction of sp³-hybridized carbons (Fsp3) is 0.538. The zero-order valence-corrected chi connectivity index (χ0v) is 12.7. The van der Waals surface area contributed by atoms with E-state index in [1.807, 2.05) is 0 Å². The van der Waals surface area contributed by atoms with Gasteiger partial charge in [0.05, 0.1) is 39.8 Å². The third-order valence-electron chi connectivity index (χ3n) is 2.62. The largest absolute Gasteiger partial charge is 0.495 e. The Balaban J connectivity index is 2.86. The Morgan fingerprint density at radius 2 is 1.55 bits per heavy atom. The highest BCUT2D eigenvalue weighted by molar-refractivity contribution is 7.91. The minimum atomic E-state index is -3.55. The van der Waals surface area contributed by atoms with Crippen LogP contribution < -0.4 is 9.47 Å². The van der Waals surface area contributed by atoms with Crippen molar-refractivity contribution in [2.75, 3.05) is 46.9 Å². The number of methoxy groups -OCH3 is 3. The molecule has 0 aliphatic heterocycles. The van der Waals surface area contributed by atoms with Gasteiger partial charge in [-0.2, -0.15) is 0 Å². The van der Waals surface area contributed by atoms with Crippen molar-refractivity contribution in [3.8, 4) is 11.5 Å². The second kappa shape index (κ2) is 8.08. The van der Waals surface area contributed by atoms with Gasteiger partial charge in [0.25, 0.3) is 0 Å².